The molecule has 0 saturated carbocycles. The molecule has 0 aliphatic rings. The minimum Gasteiger partial charge on any atom is -0.508 e. The zero-order valence-electron chi connectivity index (χ0n) is 14.6. The minimum absolute atomic E-state index is 0.128. The molecular weight excluding hydrogens is 354 g/mol. The lowest BCUT2D eigenvalue weighted by Gasteiger charge is -2.09. The predicted molar refractivity (Wildman–Crippen MR) is 105 cm³/mol. The second-order valence-corrected chi connectivity index (χ2v) is 6.08. The van der Waals surface area contributed by atoms with Crippen molar-refractivity contribution >= 4 is 5.97 Å². The number of phenolic OH excluding ortho intramolecular Hbond substituents is 1. The molecule has 2 N–H and O–H groups in total. The predicted octanol–water partition coefficient (Wildman–Crippen LogP) is 4.28. The lowest BCUT2D eigenvalue weighted by Crippen LogP contribution is -2.03. The fraction of sp³-hybridized carbons (Fsp3) is 0. The molecule has 4 aromatic rings. The van der Waals surface area contributed by atoms with Gasteiger partial charge >= 0.3 is 5.97 Å². The summed E-state index contributed by atoms with van der Waals surface area (Å²) in [5, 5.41) is 19.0. The molecule has 4 rings (SSSR count). The Balaban J connectivity index is 1.81. The first-order valence-electron chi connectivity index (χ1n) is 8.54. The van der Waals surface area contributed by atoms with Crippen molar-refractivity contribution in [1.82, 2.24) is 15.0 Å². The molecule has 0 fully saturated rings. The Morgan fingerprint density at radius 1 is 0.750 bits per heavy atom. The summed E-state index contributed by atoms with van der Waals surface area (Å²) >= 11 is 0. The first-order chi connectivity index (χ1) is 13.6. The van der Waals surface area contributed by atoms with Gasteiger partial charge in [-0.05, 0) is 42.5 Å². The number of rotatable bonds is 4. The highest BCUT2D eigenvalue weighted by Gasteiger charge is 2.15. The molecule has 0 aliphatic carbocycles. The maximum Gasteiger partial charge on any atom is 0.337 e. The molecule has 0 aliphatic heterocycles. The zero-order chi connectivity index (χ0) is 19.5. The third kappa shape index (κ3) is 3.43. The number of aromatic nitrogens is 3. The second-order valence-electron chi connectivity index (χ2n) is 6.08. The van der Waals surface area contributed by atoms with Crippen LogP contribution in [-0.4, -0.2) is 31.1 Å². The summed E-state index contributed by atoms with van der Waals surface area (Å²) in [7, 11) is 0. The topological polar surface area (TPSA) is 96.2 Å². The van der Waals surface area contributed by atoms with Crippen LogP contribution in [0, 0.1) is 0 Å². The fourth-order valence-corrected chi connectivity index (χ4v) is 2.84. The van der Waals surface area contributed by atoms with Crippen LogP contribution in [0.1, 0.15) is 10.4 Å². The van der Waals surface area contributed by atoms with Crippen LogP contribution >= 0.6 is 0 Å². The van der Waals surface area contributed by atoms with Crippen LogP contribution in [0.5, 0.6) is 5.75 Å². The molecule has 0 spiro atoms. The third-order valence-electron chi connectivity index (χ3n) is 4.22. The second kappa shape index (κ2) is 7.28. The molecule has 0 unspecified atom stereocenters. The minimum atomic E-state index is -1.04. The summed E-state index contributed by atoms with van der Waals surface area (Å²) < 4.78 is 0. The van der Waals surface area contributed by atoms with E-state index in [0.717, 1.165) is 11.1 Å². The number of carbonyl (C=O) groups is 1. The molecule has 136 valence electrons. The number of aromatic hydroxyl groups is 1. The first kappa shape index (κ1) is 17.4. The normalized spacial score (nSPS) is 10.6. The number of benzene rings is 2. The summed E-state index contributed by atoms with van der Waals surface area (Å²) in [6.45, 7) is 0. The van der Waals surface area contributed by atoms with Crippen molar-refractivity contribution in [3.8, 4) is 39.8 Å². The Labute approximate surface area is 160 Å². The Morgan fingerprint density at radius 3 is 2.18 bits per heavy atom. The molecule has 0 atom stereocenters. The monoisotopic (exact) mass is 369 g/mol. The van der Waals surface area contributed by atoms with Crippen molar-refractivity contribution in [2.45, 2.75) is 0 Å². The number of hydrogen-bond donors (Lipinski definition) is 2. The van der Waals surface area contributed by atoms with Gasteiger partial charge in [-0.1, -0.05) is 30.3 Å². The lowest BCUT2D eigenvalue weighted by molar-refractivity contribution is 0.0697. The maximum absolute atomic E-state index is 11.6. The smallest absolute Gasteiger partial charge is 0.337 e. The van der Waals surface area contributed by atoms with Crippen LogP contribution in [0.3, 0.4) is 0 Å². The number of hydrogen-bond acceptors (Lipinski definition) is 5. The van der Waals surface area contributed by atoms with E-state index in [4.69, 9.17) is 0 Å². The molecule has 2 aromatic carbocycles. The molecule has 6 heteroatoms. The average molecular weight is 369 g/mol. The van der Waals surface area contributed by atoms with Crippen molar-refractivity contribution in [2.24, 2.45) is 0 Å². The lowest BCUT2D eigenvalue weighted by atomic mass is 10.0. The molecule has 0 amide bonds. The van der Waals surface area contributed by atoms with Crippen molar-refractivity contribution in [2.75, 3.05) is 0 Å². The van der Waals surface area contributed by atoms with Crippen molar-refractivity contribution < 1.29 is 15.0 Å². The van der Waals surface area contributed by atoms with Crippen LogP contribution in [0.2, 0.25) is 0 Å². The SMILES string of the molecule is O=C(O)c1ccc(-c2ccnc(-c3ccc(O)cc3)n2)nc1-c1ccccc1. The Bertz CT molecular complexity index is 1140. The van der Waals surface area contributed by atoms with Crippen LogP contribution in [-0.2, 0) is 0 Å². The van der Waals surface area contributed by atoms with Crippen LogP contribution in [0.25, 0.3) is 34.0 Å². The standard InChI is InChI=1S/C22H15N3O3/c26-16-8-6-15(7-9-16)21-23-13-12-19(25-21)18-11-10-17(22(27)28)20(24-18)14-4-2-1-3-5-14/h1-13,26H,(H,27,28). The van der Waals surface area contributed by atoms with E-state index in [1.807, 2.05) is 30.3 Å². The Kier molecular flexibility index (Phi) is 4.51. The number of pyridine rings is 1. The van der Waals surface area contributed by atoms with Crippen LogP contribution in [0.4, 0.5) is 0 Å². The maximum atomic E-state index is 11.6. The number of aromatic carboxylic acids is 1. The van der Waals surface area contributed by atoms with Crippen LogP contribution < -0.4 is 0 Å². The molecule has 2 heterocycles. The van der Waals surface area contributed by atoms with Gasteiger partial charge < -0.3 is 10.2 Å². The number of carboxylic acid groups (broad SMARTS) is 1. The number of phenols is 1. The molecule has 0 bridgehead atoms. The highest BCUT2D eigenvalue weighted by Crippen LogP contribution is 2.26. The van der Waals surface area contributed by atoms with Gasteiger partial charge in [0.25, 0.3) is 0 Å². The van der Waals surface area contributed by atoms with Gasteiger partial charge in [0.2, 0.25) is 0 Å². The third-order valence-corrected chi connectivity index (χ3v) is 4.22. The summed E-state index contributed by atoms with van der Waals surface area (Å²) in [5.41, 5.74) is 3.11. The van der Waals surface area contributed by atoms with Crippen LogP contribution in [0.15, 0.2) is 79.0 Å². The van der Waals surface area contributed by atoms with Crippen molar-refractivity contribution in [1.29, 1.82) is 0 Å². The van der Waals surface area contributed by atoms with E-state index in [2.05, 4.69) is 15.0 Å². The van der Waals surface area contributed by atoms with E-state index < -0.39 is 5.97 Å². The van der Waals surface area contributed by atoms with Gasteiger partial charge in [-0.3, -0.25) is 0 Å². The van der Waals surface area contributed by atoms with Gasteiger partial charge in [0.15, 0.2) is 5.82 Å². The molecule has 6 nitrogen and oxygen atoms in total. The number of nitrogens with zero attached hydrogens (tertiary/aromatic N) is 3. The van der Waals surface area contributed by atoms with Gasteiger partial charge in [-0.15, -0.1) is 0 Å². The Hall–Kier alpha value is -4.06. The van der Waals surface area contributed by atoms with E-state index in [1.54, 1.807) is 42.6 Å². The van der Waals surface area contributed by atoms with Crippen molar-refractivity contribution in [3.05, 3.63) is 84.6 Å². The molecule has 28 heavy (non-hydrogen) atoms. The van der Waals surface area contributed by atoms with Gasteiger partial charge in [-0.25, -0.2) is 19.7 Å². The molecule has 0 radical (unpaired) electrons. The van der Waals surface area contributed by atoms with Gasteiger partial charge in [0, 0.05) is 17.3 Å². The summed E-state index contributed by atoms with van der Waals surface area (Å²) in [4.78, 5) is 25.0. The van der Waals surface area contributed by atoms with E-state index >= 15 is 0 Å². The van der Waals surface area contributed by atoms with E-state index in [1.165, 1.54) is 6.07 Å². The highest BCUT2D eigenvalue weighted by atomic mass is 16.4. The average Bonchev–Trinajstić information content (AvgIpc) is 2.74. The quantitative estimate of drug-likeness (QED) is 0.557. The number of carboxylic acids is 1. The van der Waals surface area contributed by atoms with E-state index in [-0.39, 0.29) is 11.3 Å². The van der Waals surface area contributed by atoms with Gasteiger partial charge in [-0.2, -0.15) is 0 Å². The molecule has 0 saturated heterocycles. The summed E-state index contributed by atoms with van der Waals surface area (Å²) in [6.07, 6.45) is 1.62. The summed E-state index contributed by atoms with van der Waals surface area (Å²) in [6, 6.07) is 20.7. The molecular formula is C22H15N3O3. The fourth-order valence-electron chi connectivity index (χ4n) is 2.84. The van der Waals surface area contributed by atoms with E-state index in [0.29, 0.717) is 22.9 Å². The zero-order valence-corrected chi connectivity index (χ0v) is 14.6. The molecule has 2 aromatic heterocycles. The van der Waals surface area contributed by atoms with Gasteiger partial charge in [0.05, 0.1) is 22.6 Å². The first-order valence-corrected chi connectivity index (χ1v) is 8.54. The summed E-state index contributed by atoms with van der Waals surface area (Å²) in [5.74, 6) is -0.383. The Morgan fingerprint density at radius 2 is 1.46 bits per heavy atom. The van der Waals surface area contributed by atoms with Crippen molar-refractivity contribution in [3.63, 3.8) is 0 Å². The highest BCUT2D eigenvalue weighted by molar-refractivity contribution is 5.95. The largest absolute Gasteiger partial charge is 0.508 e. The van der Waals surface area contributed by atoms with E-state index in [9.17, 15) is 15.0 Å². The van der Waals surface area contributed by atoms with Gasteiger partial charge in [0.1, 0.15) is 5.75 Å².